The highest BCUT2D eigenvalue weighted by Gasteiger charge is 2.30. The van der Waals surface area contributed by atoms with Gasteiger partial charge in [0.05, 0.1) is 10.6 Å². The van der Waals surface area contributed by atoms with Gasteiger partial charge in [0, 0.05) is 29.6 Å². The molecule has 23 heavy (non-hydrogen) atoms. The molecule has 2 amide bonds. The first-order valence-corrected chi connectivity index (χ1v) is 8.49. The van der Waals surface area contributed by atoms with Crippen LogP contribution in [0.2, 0.25) is 10.0 Å². The van der Waals surface area contributed by atoms with E-state index in [9.17, 15) is 9.59 Å². The van der Waals surface area contributed by atoms with Crippen molar-refractivity contribution < 1.29 is 9.59 Å². The van der Waals surface area contributed by atoms with Crippen LogP contribution in [-0.4, -0.2) is 35.3 Å². The first kappa shape index (κ1) is 18.1. The first-order valence-electron chi connectivity index (χ1n) is 7.74. The van der Waals surface area contributed by atoms with Crippen LogP contribution < -0.4 is 5.32 Å². The molecule has 1 aromatic carbocycles. The lowest BCUT2D eigenvalue weighted by molar-refractivity contribution is -0.127. The minimum atomic E-state index is -0.235. The third-order valence-electron chi connectivity index (χ3n) is 3.81. The van der Waals surface area contributed by atoms with Gasteiger partial charge in [0.1, 0.15) is 0 Å². The molecule has 0 radical (unpaired) electrons. The fraction of sp³-hybridized carbons (Fsp3) is 0.529. The molecule has 2 rings (SSSR count). The van der Waals surface area contributed by atoms with Crippen molar-refractivity contribution in [3.05, 3.63) is 33.8 Å². The van der Waals surface area contributed by atoms with Crippen molar-refractivity contribution in [2.75, 3.05) is 13.1 Å². The van der Waals surface area contributed by atoms with E-state index >= 15 is 0 Å². The SMILES string of the molecule is CC(C)(C)NC(=O)C1CCN(C(=O)c2ccc(Cl)cc2Cl)CC1. The van der Waals surface area contributed by atoms with E-state index in [2.05, 4.69) is 5.32 Å². The molecule has 1 aliphatic heterocycles. The Hall–Kier alpha value is -1.26. The minimum Gasteiger partial charge on any atom is -0.351 e. The van der Waals surface area contributed by atoms with Crippen LogP contribution in [0.5, 0.6) is 0 Å². The molecule has 1 fully saturated rings. The van der Waals surface area contributed by atoms with Crippen molar-refractivity contribution in [3.8, 4) is 0 Å². The molecule has 0 saturated carbocycles. The van der Waals surface area contributed by atoms with Crippen molar-refractivity contribution in [1.82, 2.24) is 10.2 Å². The fourth-order valence-corrected chi connectivity index (χ4v) is 3.14. The zero-order chi connectivity index (χ0) is 17.2. The summed E-state index contributed by atoms with van der Waals surface area (Å²) in [6.45, 7) is 7.00. The van der Waals surface area contributed by atoms with Crippen LogP contribution in [0.25, 0.3) is 0 Å². The van der Waals surface area contributed by atoms with Crippen molar-refractivity contribution in [2.24, 2.45) is 5.92 Å². The maximum absolute atomic E-state index is 12.5. The normalized spacial score (nSPS) is 16.3. The van der Waals surface area contributed by atoms with Crippen LogP contribution in [0.1, 0.15) is 44.0 Å². The first-order chi connectivity index (χ1) is 10.7. The van der Waals surface area contributed by atoms with E-state index in [1.54, 1.807) is 23.1 Å². The number of carbonyl (C=O) groups excluding carboxylic acids is 2. The van der Waals surface area contributed by atoms with Gasteiger partial charge in [0.25, 0.3) is 5.91 Å². The zero-order valence-electron chi connectivity index (χ0n) is 13.7. The number of halogens is 2. The Morgan fingerprint density at radius 2 is 1.78 bits per heavy atom. The molecule has 1 heterocycles. The van der Waals surface area contributed by atoms with Crippen molar-refractivity contribution in [1.29, 1.82) is 0 Å². The molecule has 1 saturated heterocycles. The molecule has 0 bridgehead atoms. The molecule has 1 aliphatic rings. The number of nitrogens with one attached hydrogen (secondary N) is 1. The third kappa shape index (κ3) is 4.85. The van der Waals surface area contributed by atoms with Gasteiger partial charge in [-0.3, -0.25) is 9.59 Å². The lowest BCUT2D eigenvalue weighted by Gasteiger charge is -2.33. The average Bonchev–Trinajstić information content (AvgIpc) is 2.45. The molecular weight excluding hydrogens is 335 g/mol. The monoisotopic (exact) mass is 356 g/mol. The van der Waals surface area contributed by atoms with Gasteiger partial charge in [0.15, 0.2) is 0 Å². The topological polar surface area (TPSA) is 49.4 Å². The van der Waals surface area contributed by atoms with E-state index < -0.39 is 0 Å². The summed E-state index contributed by atoms with van der Waals surface area (Å²) in [7, 11) is 0. The number of piperidine rings is 1. The van der Waals surface area contributed by atoms with Crippen molar-refractivity contribution >= 4 is 35.0 Å². The number of carbonyl (C=O) groups is 2. The Kier molecular flexibility index (Phi) is 5.58. The second-order valence-electron chi connectivity index (χ2n) is 6.93. The van der Waals surface area contributed by atoms with E-state index in [4.69, 9.17) is 23.2 Å². The van der Waals surface area contributed by atoms with Gasteiger partial charge in [-0.1, -0.05) is 23.2 Å². The molecule has 0 atom stereocenters. The largest absolute Gasteiger partial charge is 0.351 e. The summed E-state index contributed by atoms with van der Waals surface area (Å²) in [4.78, 5) is 26.5. The molecular formula is C17H22Cl2N2O2. The van der Waals surface area contributed by atoms with Crippen molar-refractivity contribution in [3.63, 3.8) is 0 Å². The van der Waals surface area contributed by atoms with Crippen LogP contribution in [-0.2, 0) is 4.79 Å². The predicted octanol–water partition coefficient (Wildman–Crippen LogP) is 3.76. The number of rotatable bonds is 2. The van der Waals surface area contributed by atoms with Gasteiger partial charge in [-0.2, -0.15) is 0 Å². The predicted molar refractivity (Wildman–Crippen MR) is 93.0 cm³/mol. The number of benzene rings is 1. The molecule has 0 aliphatic carbocycles. The summed E-state index contributed by atoms with van der Waals surface area (Å²) < 4.78 is 0. The second-order valence-corrected chi connectivity index (χ2v) is 7.77. The summed E-state index contributed by atoms with van der Waals surface area (Å²) >= 11 is 12.0. The molecule has 0 unspecified atom stereocenters. The zero-order valence-corrected chi connectivity index (χ0v) is 15.2. The van der Waals surface area contributed by atoms with E-state index in [-0.39, 0.29) is 23.3 Å². The van der Waals surface area contributed by atoms with Crippen LogP contribution in [0.4, 0.5) is 0 Å². The lowest BCUT2D eigenvalue weighted by Crippen LogP contribution is -2.47. The number of nitrogens with zero attached hydrogens (tertiary/aromatic N) is 1. The summed E-state index contributed by atoms with van der Waals surface area (Å²) in [6.07, 6.45) is 1.33. The van der Waals surface area contributed by atoms with Crippen LogP contribution in [0, 0.1) is 5.92 Å². The van der Waals surface area contributed by atoms with Crippen molar-refractivity contribution in [2.45, 2.75) is 39.2 Å². The highest BCUT2D eigenvalue weighted by molar-refractivity contribution is 6.36. The third-order valence-corrected chi connectivity index (χ3v) is 4.36. The number of amides is 2. The Bertz CT molecular complexity index is 603. The fourth-order valence-electron chi connectivity index (χ4n) is 2.65. The molecule has 6 heteroatoms. The summed E-state index contributed by atoms with van der Waals surface area (Å²) in [5, 5.41) is 3.86. The van der Waals surface area contributed by atoms with Gasteiger partial charge in [-0.25, -0.2) is 0 Å². The summed E-state index contributed by atoms with van der Waals surface area (Å²) in [6, 6.07) is 4.87. The molecule has 4 nitrogen and oxygen atoms in total. The van der Waals surface area contributed by atoms with Gasteiger partial charge >= 0.3 is 0 Å². The number of hydrogen-bond acceptors (Lipinski definition) is 2. The summed E-state index contributed by atoms with van der Waals surface area (Å²) in [5.74, 6) is -0.0885. The molecule has 126 valence electrons. The Balaban J connectivity index is 1.96. The van der Waals surface area contributed by atoms with Gasteiger partial charge in [-0.15, -0.1) is 0 Å². The highest BCUT2D eigenvalue weighted by atomic mass is 35.5. The maximum atomic E-state index is 12.5. The highest BCUT2D eigenvalue weighted by Crippen LogP contribution is 2.25. The lowest BCUT2D eigenvalue weighted by atomic mass is 9.94. The molecule has 1 N–H and O–H groups in total. The average molecular weight is 357 g/mol. The quantitative estimate of drug-likeness (QED) is 0.876. The standard InChI is InChI=1S/C17H22Cl2N2O2/c1-17(2,3)20-15(22)11-6-8-21(9-7-11)16(23)13-5-4-12(18)10-14(13)19/h4-5,10-11H,6-9H2,1-3H3,(H,20,22). The van der Waals surface area contributed by atoms with Crippen LogP contribution >= 0.6 is 23.2 Å². The Labute approximate surface area is 147 Å². The Morgan fingerprint density at radius 3 is 2.30 bits per heavy atom. The van der Waals surface area contributed by atoms with Gasteiger partial charge in [0.2, 0.25) is 5.91 Å². The van der Waals surface area contributed by atoms with E-state index in [0.717, 1.165) is 0 Å². The smallest absolute Gasteiger partial charge is 0.255 e. The number of likely N-dealkylation sites (tertiary alicyclic amines) is 1. The Morgan fingerprint density at radius 1 is 1.17 bits per heavy atom. The van der Waals surface area contributed by atoms with Crippen LogP contribution in [0.3, 0.4) is 0 Å². The maximum Gasteiger partial charge on any atom is 0.255 e. The molecule has 0 spiro atoms. The second kappa shape index (κ2) is 7.10. The van der Waals surface area contributed by atoms with Gasteiger partial charge < -0.3 is 10.2 Å². The van der Waals surface area contributed by atoms with E-state index in [1.807, 2.05) is 20.8 Å². The molecule has 0 aromatic heterocycles. The van der Waals surface area contributed by atoms with E-state index in [0.29, 0.717) is 41.5 Å². The van der Waals surface area contributed by atoms with E-state index in [1.165, 1.54) is 0 Å². The minimum absolute atomic E-state index is 0.0426. The number of hydrogen-bond donors (Lipinski definition) is 1. The van der Waals surface area contributed by atoms with Crippen LogP contribution in [0.15, 0.2) is 18.2 Å². The van der Waals surface area contributed by atoms with Gasteiger partial charge in [-0.05, 0) is 51.8 Å². The molecule has 1 aromatic rings. The summed E-state index contributed by atoms with van der Waals surface area (Å²) in [5.41, 5.74) is 0.217.